The average molecular weight is 493 g/mol. The zero-order valence-electron chi connectivity index (χ0n) is 20.0. The first-order valence-electron chi connectivity index (χ1n) is 11.3. The molecule has 0 unspecified atom stereocenters. The van der Waals surface area contributed by atoms with Gasteiger partial charge in [-0.25, -0.2) is 4.98 Å². The lowest BCUT2D eigenvalue weighted by atomic mass is 10.1. The van der Waals surface area contributed by atoms with Crippen LogP contribution in [0, 0.1) is 0 Å². The molecule has 182 valence electrons. The van der Waals surface area contributed by atoms with E-state index < -0.39 is 0 Å². The number of benzene rings is 2. The predicted octanol–water partition coefficient (Wildman–Crippen LogP) is 4.18. The van der Waals surface area contributed by atoms with E-state index >= 15 is 0 Å². The summed E-state index contributed by atoms with van der Waals surface area (Å²) in [5, 5.41) is 3.36. The summed E-state index contributed by atoms with van der Waals surface area (Å²) in [6.45, 7) is 3.08. The number of para-hydroxylation sites is 2. The summed E-state index contributed by atoms with van der Waals surface area (Å²) >= 11 is 1.22. The summed E-state index contributed by atoms with van der Waals surface area (Å²) in [6, 6.07) is 17.1. The van der Waals surface area contributed by atoms with E-state index in [0.717, 1.165) is 11.1 Å². The molecule has 0 saturated carbocycles. The minimum absolute atomic E-state index is 0.0822. The third kappa shape index (κ3) is 5.41. The zero-order valence-corrected chi connectivity index (χ0v) is 20.8. The molecule has 0 atom stereocenters. The van der Waals surface area contributed by atoms with Crippen LogP contribution in [0.2, 0.25) is 0 Å². The van der Waals surface area contributed by atoms with Crippen LogP contribution in [0.5, 0.6) is 5.75 Å². The molecule has 0 fully saturated rings. The van der Waals surface area contributed by atoms with Crippen molar-refractivity contribution in [2.24, 2.45) is 7.05 Å². The van der Waals surface area contributed by atoms with Crippen molar-refractivity contribution in [3.8, 4) is 16.9 Å². The second-order valence-corrected chi connectivity index (χ2v) is 8.77. The molecule has 0 bridgehead atoms. The first-order chi connectivity index (χ1) is 17.0. The molecular formula is C26H28N4O4S. The van der Waals surface area contributed by atoms with Gasteiger partial charge in [0.25, 0.3) is 5.56 Å². The Morgan fingerprint density at radius 2 is 1.86 bits per heavy atom. The molecule has 1 amide bonds. The Balaban J connectivity index is 1.66. The molecule has 2 aromatic carbocycles. The van der Waals surface area contributed by atoms with Crippen LogP contribution in [-0.4, -0.2) is 46.1 Å². The highest BCUT2D eigenvalue weighted by Gasteiger charge is 2.19. The summed E-state index contributed by atoms with van der Waals surface area (Å²) in [4.78, 5) is 31.1. The van der Waals surface area contributed by atoms with Crippen LogP contribution in [0.1, 0.15) is 6.92 Å². The normalized spacial score (nSPS) is 11.1. The fraction of sp³-hybridized carbons (Fsp3) is 0.269. The fourth-order valence-corrected chi connectivity index (χ4v) is 4.65. The second-order valence-electron chi connectivity index (χ2n) is 7.83. The van der Waals surface area contributed by atoms with Gasteiger partial charge in [0.15, 0.2) is 5.16 Å². The van der Waals surface area contributed by atoms with E-state index in [1.165, 1.54) is 11.8 Å². The molecule has 2 aromatic heterocycles. The van der Waals surface area contributed by atoms with Gasteiger partial charge < -0.3 is 19.4 Å². The van der Waals surface area contributed by atoms with Gasteiger partial charge in [-0.2, -0.15) is 0 Å². The maximum atomic E-state index is 13.5. The number of thioether (sulfide) groups is 1. The molecule has 0 radical (unpaired) electrons. The SMILES string of the molecule is CCOc1ccccc1NC(=O)CSc1nc2c(-c3ccccc3)cn(C)c2c(=O)n1CCOC. The van der Waals surface area contributed by atoms with Crippen molar-refractivity contribution in [3.05, 3.63) is 71.1 Å². The molecule has 8 nitrogen and oxygen atoms in total. The Bertz CT molecular complexity index is 1380. The summed E-state index contributed by atoms with van der Waals surface area (Å²) in [5.41, 5.74) is 3.41. The first kappa shape index (κ1) is 24.6. The number of ether oxygens (including phenoxy) is 2. The van der Waals surface area contributed by atoms with Crippen LogP contribution in [0.4, 0.5) is 5.69 Å². The standard InChI is InChI=1S/C26H28N4O4S/c1-4-34-21-13-9-8-12-20(21)27-22(31)17-35-26-28-23-19(18-10-6-5-7-11-18)16-29(2)24(23)25(32)30(26)14-15-33-3/h5-13,16H,4,14-15,17H2,1-3H3,(H,27,31). The van der Waals surface area contributed by atoms with E-state index in [-0.39, 0.29) is 17.2 Å². The molecule has 4 rings (SSSR count). The number of carbonyl (C=O) groups is 1. The number of hydrogen-bond donors (Lipinski definition) is 1. The summed E-state index contributed by atoms with van der Waals surface area (Å²) < 4.78 is 14.2. The van der Waals surface area contributed by atoms with Gasteiger partial charge in [-0.15, -0.1) is 0 Å². The van der Waals surface area contributed by atoms with Crippen LogP contribution in [0.3, 0.4) is 0 Å². The average Bonchev–Trinajstić information content (AvgIpc) is 3.20. The van der Waals surface area contributed by atoms with E-state index in [2.05, 4.69) is 5.32 Å². The smallest absolute Gasteiger partial charge is 0.278 e. The number of carbonyl (C=O) groups excluding carboxylic acids is 1. The lowest BCUT2D eigenvalue weighted by molar-refractivity contribution is -0.113. The number of amides is 1. The number of hydrogen-bond acceptors (Lipinski definition) is 6. The first-order valence-corrected chi connectivity index (χ1v) is 12.3. The van der Waals surface area contributed by atoms with Gasteiger partial charge in [-0.1, -0.05) is 54.2 Å². The zero-order chi connectivity index (χ0) is 24.8. The van der Waals surface area contributed by atoms with Crippen LogP contribution in [0.15, 0.2) is 70.7 Å². The number of nitrogens with one attached hydrogen (secondary N) is 1. The molecule has 0 aliphatic carbocycles. The Morgan fingerprint density at radius 3 is 2.60 bits per heavy atom. The Labute approximate surface area is 207 Å². The van der Waals surface area contributed by atoms with Crippen molar-refractivity contribution in [1.29, 1.82) is 0 Å². The number of rotatable bonds is 10. The molecular weight excluding hydrogens is 464 g/mol. The van der Waals surface area contributed by atoms with Crippen molar-refractivity contribution in [2.75, 3.05) is 31.4 Å². The van der Waals surface area contributed by atoms with Gasteiger partial charge in [0, 0.05) is 25.9 Å². The lowest BCUT2D eigenvalue weighted by Gasteiger charge is -2.13. The van der Waals surface area contributed by atoms with E-state index in [9.17, 15) is 9.59 Å². The van der Waals surface area contributed by atoms with E-state index in [1.54, 1.807) is 17.7 Å². The lowest BCUT2D eigenvalue weighted by Crippen LogP contribution is -2.27. The molecule has 0 aliphatic rings. The van der Waals surface area contributed by atoms with E-state index in [4.69, 9.17) is 14.5 Å². The fourth-order valence-electron chi connectivity index (χ4n) is 3.84. The summed E-state index contributed by atoms with van der Waals surface area (Å²) in [6.07, 6.45) is 1.92. The molecule has 1 N–H and O–H groups in total. The molecule has 0 spiro atoms. The van der Waals surface area contributed by atoms with E-state index in [1.807, 2.05) is 73.3 Å². The third-order valence-electron chi connectivity index (χ3n) is 5.44. The molecule has 2 heterocycles. The topological polar surface area (TPSA) is 87.4 Å². The summed E-state index contributed by atoms with van der Waals surface area (Å²) in [7, 11) is 3.43. The molecule has 4 aromatic rings. The number of fused-ring (bicyclic) bond motifs is 1. The molecule has 0 saturated heterocycles. The van der Waals surface area contributed by atoms with Crippen molar-refractivity contribution < 1.29 is 14.3 Å². The third-order valence-corrected chi connectivity index (χ3v) is 6.41. The van der Waals surface area contributed by atoms with Gasteiger partial charge in [0.2, 0.25) is 5.91 Å². The number of nitrogens with zero attached hydrogens (tertiary/aromatic N) is 3. The second kappa shape index (κ2) is 11.2. The highest BCUT2D eigenvalue weighted by atomic mass is 32.2. The van der Waals surface area contributed by atoms with Crippen molar-refractivity contribution in [1.82, 2.24) is 14.1 Å². The van der Waals surface area contributed by atoms with Gasteiger partial charge >= 0.3 is 0 Å². The largest absolute Gasteiger partial charge is 0.492 e. The molecule has 0 aliphatic heterocycles. The number of anilines is 1. The van der Waals surface area contributed by atoms with Gasteiger partial charge in [0.1, 0.15) is 16.8 Å². The monoisotopic (exact) mass is 492 g/mol. The van der Waals surface area contributed by atoms with Crippen LogP contribution < -0.4 is 15.6 Å². The van der Waals surface area contributed by atoms with Crippen molar-refractivity contribution >= 4 is 34.4 Å². The van der Waals surface area contributed by atoms with Crippen LogP contribution >= 0.6 is 11.8 Å². The minimum atomic E-state index is -0.217. The highest BCUT2D eigenvalue weighted by Crippen LogP contribution is 2.29. The summed E-state index contributed by atoms with van der Waals surface area (Å²) in [5.74, 6) is 0.478. The number of aryl methyl sites for hydroxylation is 1. The molecule has 9 heteroatoms. The number of methoxy groups -OCH3 is 1. The van der Waals surface area contributed by atoms with E-state index in [0.29, 0.717) is 47.4 Å². The Hall–Kier alpha value is -3.56. The quantitative estimate of drug-likeness (QED) is 0.264. The maximum absolute atomic E-state index is 13.5. The number of aromatic nitrogens is 3. The van der Waals surface area contributed by atoms with Crippen molar-refractivity contribution in [2.45, 2.75) is 18.6 Å². The van der Waals surface area contributed by atoms with Gasteiger partial charge in [0.05, 0.1) is 31.2 Å². The highest BCUT2D eigenvalue weighted by molar-refractivity contribution is 7.99. The van der Waals surface area contributed by atoms with Crippen LogP contribution in [-0.2, 0) is 23.1 Å². The molecule has 35 heavy (non-hydrogen) atoms. The Morgan fingerprint density at radius 1 is 1.11 bits per heavy atom. The Kier molecular flexibility index (Phi) is 7.89. The van der Waals surface area contributed by atoms with Crippen LogP contribution in [0.25, 0.3) is 22.2 Å². The minimum Gasteiger partial charge on any atom is -0.492 e. The predicted molar refractivity (Wildman–Crippen MR) is 139 cm³/mol. The van der Waals surface area contributed by atoms with Gasteiger partial charge in [-0.3, -0.25) is 14.2 Å². The van der Waals surface area contributed by atoms with Gasteiger partial charge in [-0.05, 0) is 24.6 Å². The maximum Gasteiger partial charge on any atom is 0.278 e. The van der Waals surface area contributed by atoms with Crippen molar-refractivity contribution in [3.63, 3.8) is 0 Å².